The monoisotopic (exact) mass is 405 g/mol. The molecule has 5 nitrogen and oxygen atoms in total. The van der Waals surface area contributed by atoms with Crippen molar-refractivity contribution in [1.82, 2.24) is 5.32 Å². The highest BCUT2D eigenvalue weighted by molar-refractivity contribution is 7.80. The molecular formula is C23H23N3O2S. The normalized spacial score (nSPS) is 10.1. The second-order valence-corrected chi connectivity index (χ2v) is 6.78. The van der Waals surface area contributed by atoms with E-state index in [9.17, 15) is 4.79 Å². The van der Waals surface area contributed by atoms with E-state index in [1.807, 2.05) is 30.3 Å². The number of hydrogen-bond acceptors (Lipinski definition) is 3. The fraction of sp³-hybridized carbons (Fsp3) is 0.130. The average molecular weight is 406 g/mol. The molecule has 0 aromatic heterocycles. The number of methoxy groups -OCH3 is 1. The van der Waals surface area contributed by atoms with Gasteiger partial charge in [-0.3, -0.25) is 4.79 Å². The van der Waals surface area contributed by atoms with E-state index in [-0.39, 0.29) is 5.91 Å². The molecular weight excluding hydrogens is 382 g/mol. The van der Waals surface area contributed by atoms with Crippen LogP contribution in [0.1, 0.15) is 15.9 Å². The number of hydrogen-bond donors (Lipinski definition) is 3. The smallest absolute Gasteiger partial charge is 0.255 e. The van der Waals surface area contributed by atoms with Gasteiger partial charge in [0.1, 0.15) is 5.75 Å². The van der Waals surface area contributed by atoms with E-state index in [0.29, 0.717) is 16.4 Å². The summed E-state index contributed by atoms with van der Waals surface area (Å²) in [6, 6.07) is 24.6. The first-order valence-corrected chi connectivity index (χ1v) is 9.69. The molecule has 0 aliphatic heterocycles. The molecule has 0 bridgehead atoms. The lowest BCUT2D eigenvalue weighted by Gasteiger charge is -2.11. The molecule has 0 spiro atoms. The SMILES string of the molecule is COc1ccc(NC(=O)c2ccc(NC(=S)NCCc3ccccc3)cc2)cc1. The van der Waals surface area contributed by atoms with Crippen LogP contribution in [0.25, 0.3) is 0 Å². The minimum Gasteiger partial charge on any atom is -0.497 e. The van der Waals surface area contributed by atoms with E-state index in [1.165, 1.54) is 5.56 Å². The van der Waals surface area contributed by atoms with E-state index in [0.717, 1.165) is 24.4 Å². The topological polar surface area (TPSA) is 62.4 Å². The Morgan fingerprint density at radius 2 is 1.48 bits per heavy atom. The average Bonchev–Trinajstić information content (AvgIpc) is 2.75. The van der Waals surface area contributed by atoms with Crippen LogP contribution >= 0.6 is 12.2 Å². The van der Waals surface area contributed by atoms with Crippen LogP contribution in [-0.2, 0) is 6.42 Å². The maximum Gasteiger partial charge on any atom is 0.255 e. The van der Waals surface area contributed by atoms with Gasteiger partial charge in [-0.25, -0.2) is 0 Å². The fourth-order valence-electron chi connectivity index (χ4n) is 2.72. The molecule has 3 aromatic rings. The Balaban J connectivity index is 1.47. The van der Waals surface area contributed by atoms with Crippen LogP contribution in [0.3, 0.4) is 0 Å². The molecule has 0 aliphatic carbocycles. The van der Waals surface area contributed by atoms with Crippen molar-refractivity contribution in [2.45, 2.75) is 6.42 Å². The van der Waals surface area contributed by atoms with Gasteiger partial charge in [0.15, 0.2) is 5.11 Å². The Bertz CT molecular complexity index is 942. The van der Waals surface area contributed by atoms with Gasteiger partial charge in [-0.15, -0.1) is 0 Å². The van der Waals surface area contributed by atoms with Crippen molar-refractivity contribution in [1.29, 1.82) is 0 Å². The van der Waals surface area contributed by atoms with Gasteiger partial charge in [0.25, 0.3) is 5.91 Å². The first-order valence-electron chi connectivity index (χ1n) is 9.28. The zero-order valence-corrected chi connectivity index (χ0v) is 17.0. The molecule has 148 valence electrons. The van der Waals surface area contributed by atoms with Gasteiger partial charge >= 0.3 is 0 Å². The number of rotatable bonds is 7. The quantitative estimate of drug-likeness (QED) is 0.506. The summed E-state index contributed by atoms with van der Waals surface area (Å²) in [6.45, 7) is 0.748. The number of ether oxygens (including phenoxy) is 1. The van der Waals surface area contributed by atoms with E-state index < -0.39 is 0 Å². The maximum atomic E-state index is 12.4. The Morgan fingerprint density at radius 3 is 2.14 bits per heavy atom. The van der Waals surface area contributed by atoms with Gasteiger partial charge in [0, 0.05) is 23.5 Å². The third-order valence-corrected chi connectivity index (χ3v) is 4.54. The first kappa shape index (κ1) is 20.4. The molecule has 1 amide bonds. The highest BCUT2D eigenvalue weighted by Crippen LogP contribution is 2.16. The first-order chi connectivity index (χ1) is 14.1. The molecule has 0 aliphatic rings. The van der Waals surface area contributed by atoms with E-state index >= 15 is 0 Å². The second-order valence-electron chi connectivity index (χ2n) is 6.38. The third-order valence-electron chi connectivity index (χ3n) is 4.29. The summed E-state index contributed by atoms with van der Waals surface area (Å²) in [4.78, 5) is 12.4. The lowest BCUT2D eigenvalue weighted by atomic mass is 10.1. The van der Waals surface area contributed by atoms with Gasteiger partial charge in [-0.1, -0.05) is 30.3 Å². The molecule has 0 radical (unpaired) electrons. The Hall–Kier alpha value is -3.38. The van der Waals surface area contributed by atoms with Crippen LogP contribution < -0.4 is 20.7 Å². The minimum absolute atomic E-state index is 0.176. The summed E-state index contributed by atoms with van der Waals surface area (Å²) in [5, 5.41) is 9.73. The van der Waals surface area contributed by atoms with Crippen molar-refractivity contribution in [2.75, 3.05) is 24.3 Å². The Kier molecular flexibility index (Phi) is 7.19. The number of carbonyl (C=O) groups is 1. The lowest BCUT2D eigenvalue weighted by Crippen LogP contribution is -2.30. The van der Waals surface area contributed by atoms with Gasteiger partial charge in [-0.05, 0) is 72.7 Å². The summed E-state index contributed by atoms with van der Waals surface area (Å²) < 4.78 is 5.12. The zero-order valence-electron chi connectivity index (χ0n) is 16.1. The van der Waals surface area contributed by atoms with Gasteiger partial charge in [0.2, 0.25) is 0 Å². The van der Waals surface area contributed by atoms with Gasteiger partial charge in [0.05, 0.1) is 7.11 Å². The fourth-order valence-corrected chi connectivity index (χ4v) is 2.94. The van der Waals surface area contributed by atoms with Gasteiger partial charge in [-0.2, -0.15) is 0 Å². The van der Waals surface area contributed by atoms with E-state index in [1.54, 1.807) is 43.5 Å². The third kappa shape index (κ3) is 6.33. The minimum atomic E-state index is -0.176. The molecule has 0 atom stereocenters. The van der Waals surface area contributed by atoms with Crippen LogP contribution in [0.4, 0.5) is 11.4 Å². The number of thiocarbonyl (C=S) groups is 1. The van der Waals surface area contributed by atoms with Crippen LogP contribution in [0, 0.1) is 0 Å². The number of anilines is 2. The zero-order chi connectivity index (χ0) is 20.5. The van der Waals surface area contributed by atoms with Crippen molar-refractivity contribution in [2.24, 2.45) is 0 Å². The van der Waals surface area contributed by atoms with Crippen molar-refractivity contribution < 1.29 is 9.53 Å². The molecule has 29 heavy (non-hydrogen) atoms. The predicted molar refractivity (Wildman–Crippen MR) is 122 cm³/mol. The second kappa shape index (κ2) is 10.2. The summed E-state index contributed by atoms with van der Waals surface area (Å²) >= 11 is 5.33. The number of amides is 1. The summed E-state index contributed by atoms with van der Waals surface area (Å²) in [6.07, 6.45) is 0.896. The van der Waals surface area contributed by atoms with Crippen molar-refractivity contribution in [3.05, 3.63) is 90.0 Å². The van der Waals surface area contributed by atoms with Crippen molar-refractivity contribution in [3.8, 4) is 5.75 Å². The molecule has 3 N–H and O–H groups in total. The highest BCUT2D eigenvalue weighted by atomic mass is 32.1. The molecule has 3 aromatic carbocycles. The molecule has 0 unspecified atom stereocenters. The highest BCUT2D eigenvalue weighted by Gasteiger charge is 2.07. The van der Waals surface area contributed by atoms with Crippen LogP contribution in [0.5, 0.6) is 5.75 Å². The molecule has 6 heteroatoms. The molecule has 0 fully saturated rings. The lowest BCUT2D eigenvalue weighted by molar-refractivity contribution is 0.102. The van der Waals surface area contributed by atoms with E-state index in [4.69, 9.17) is 17.0 Å². The summed E-state index contributed by atoms with van der Waals surface area (Å²) in [5.74, 6) is 0.567. The molecule has 0 saturated carbocycles. The number of carbonyl (C=O) groups excluding carboxylic acids is 1. The van der Waals surface area contributed by atoms with Gasteiger partial charge < -0.3 is 20.7 Å². The van der Waals surface area contributed by atoms with Crippen LogP contribution in [0.2, 0.25) is 0 Å². The summed E-state index contributed by atoms with van der Waals surface area (Å²) in [5.41, 5.74) is 3.36. The van der Waals surface area contributed by atoms with E-state index in [2.05, 4.69) is 28.1 Å². The Morgan fingerprint density at radius 1 is 0.862 bits per heavy atom. The van der Waals surface area contributed by atoms with Crippen molar-refractivity contribution >= 4 is 34.6 Å². The number of benzene rings is 3. The molecule has 0 heterocycles. The maximum absolute atomic E-state index is 12.4. The largest absolute Gasteiger partial charge is 0.497 e. The predicted octanol–water partition coefficient (Wildman–Crippen LogP) is 4.48. The van der Waals surface area contributed by atoms with Crippen LogP contribution in [0.15, 0.2) is 78.9 Å². The summed E-state index contributed by atoms with van der Waals surface area (Å²) in [7, 11) is 1.60. The molecule has 0 saturated heterocycles. The molecule has 3 rings (SSSR count). The Labute approximate surface area is 176 Å². The van der Waals surface area contributed by atoms with Crippen LogP contribution in [-0.4, -0.2) is 24.7 Å². The number of nitrogens with one attached hydrogen (secondary N) is 3. The standard InChI is InChI=1S/C23H23N3O2S/c1-28-21-13-11-19(12-14-21)25-22(27)18-7-9-20(10-8-18)26-23(29)24-16-15-17-5-3-2-4-6-17/h2-14H,15-16H2,1H3,(H,25,27)(H2,24,26,29). The van der Waals surface area contributed by atoms with Crippen molar-refractivity contribution in [3.63, 3.8) is 0 Å².